The lowest BCUT2D eigenvalue weighted by molar-refractivity contribution is -0.148. The van der Waals surface area contributed by atoms with E-state index in [2.05, 4.69) is 35.3 Å². The third kappa shape index (κ3) is 9.87. The number of benzene rings is 2. The van der Waals surface area contributed by atoms with Crippen molar-refractivity contribution >= 4 is 24.0 Å². The fraction of sp³-hybridized carbons (Fsp3) is 0.463. The summed E-state index contributed by atoms with van der Waals surface area (Å²) in [6.07, 6.45) is -1.06. The third-order valence-corrected chi connectivity index (χ3v) is 10.7. The summed E-state index contributed by atoms with van der Waals surface area (Å²) in [5, 5.41) is 5.18. The van der Waals surface area contributed by atoms with E-state index in [1.807, 2.05) is 62.4 Å². The first-order valence-corrected chi connectivity index (χ1v) is 19.5. The molecule has 2 saturated heterocycles. The van der Waals surface area contributed by atoms with E-state index in [0.717, 1.165) is 45.7 Å². The number of ether oxygens (including phenoxy) is 2. The van der Waals surface area contributed by atoms with Crippen LogP contribution in [0, 0.1) is 11.8 Å². The molecule has 15 nitrogen and oxygen atoms in total. The third-order valence-electron chi connectivity index (χ3n) is 10.7. The molecule has 4 aromatic rings. The molecule has 0 radical (unpaired) electrons. The minimum absolute atomic E-state index is 0.107. The summed E-state index contributed by atoms with van der Waals surface area (Å²) in [6.45, 7) is 6.15. The molecule has 0 aliphatic carbocycles. The van der Waals surface area contributed by atoms with Gasteiger partial charge in [0.05, 0.1) is 57.3 Å². The van der Waals surface area contributed by atoms with E-state index >= 15 is 0 Å². The van der Waals surface area contributed by atoms with Gasteiger partial charge in [0.25, 0.3) is 0 Å². The van der Waals surface area contributed by atoms with Crippen LogP contribution >= 0.6 is 0 Å². The van der Waals surface area contributed by atoms with Crippen LogP contribution < -0.4 is 10.6 Å². The van der Waals surface area contributed by atoms with Crippen LogP contribution in [-0.2, 0) is 19.1 Å². The van der Waals surface area contributed by atoms with Gasteiger partial charge in [0.2, 0.25) is 11.8 Å². The molecule has 6 rings (SSSR count). The molecule has 4 unspecified atom stereocenters. The van der Waals surface area contributed by atoms with Gasteiger partial charge in [0.15, 0.2) is 0 Å². The van der Waals surface area contributed by atoms with Crippen molar-refractivity contribution in [1.29, 1.82) is 0 Å². The molecule has 0 bridgehead atoms. The van der Waals surface area contributed by atoms with E-state index in [-0.39, 0.29) is 37.0 Å². The van der Waals surface area contributed by atoms with Gasteiger partial charge in [0.1, 0.15) is 29.8 Å². The fourth-order valence-corrected chi connectivity index (χ4v) is 7.60. The lowest BCUT2D eigenvalue weighted by atomic mass is 10.0. The topological polar surface area (TPSA) is 178 Å². The highest BCUT2D eigenvalue weighted by Gasteiger charge is 2.44. The maximum absolute atomic E-state index is 13.7. The van der Waals surface area contributed by atoms with Gasteiger partial charge in [-0.3, -0.25) is 14.5 Å². The zero-order valence-electron chi connectivity index (χ0n) is 33.8. The van der Waals surface area contributed by atoms with Crippen molar-refractivity contribution < 1.29 is 41.8 Å². The van der Waals surface area contributed by atoms with Crippen molar-refractivity contribution in [3.8, 4) is 33.6 Å². The quantitative estimate of drug-likeness (QED) is 0.128. The molecule has 4 N–H and O–H groups in total. The van der Waals surface area contributed by atoms with Crippen LogP contribution in [0.5, 0.6) is 0 Å². The van der Waals surface area contributed by atoms with E-state index in [4.69, 9.17) is 4.74 Å². The number of imidazole rings is 2. The number of amides is 4. The van der Waals surface area contributed by atoms with E-state index in [1.165, 1.54) is 19.1 Å². The largest absolute Gasteiger partial charge is 0.453 e. The monoisotopic (exact) mass is 821 g/mol. The number of aromatic nitrogens is 4. The van der Waals surface area contributed by atoms with Crippen molar-refractivity contribution in [3.63, 3.8) is 0 Å². The molecule has 2 fully saturated rings. The number of halogens is 3. The summed E-state index contributed by atoms with van der Waals surface area (Å²) >= 11 is 0. The van der Waals surface area contributed by atoms with Crippen LogP contribution in [0.25, 0.3) is 33.6 Å². The van der Waals surface area contributed by atoms with Crippen LogP contribution in [0.1, 0.15) is 64.3 Å². The Morgan fingerprint density at radius 2 is 1.17 bits per heavy atom. The summed E-state index contributed by atoms with van der Waals surface area (Å²) in [6, 6.07) is 12.8. The van der Waals surface area contributed by atoms with Crippen molar-refractivity contribution in [2.75, 3.05) is 40.5 Å². The first kappa shape index (κ1) is 42.7. The second-order valence-corrected chi connectivity index (χ2v) is 15.5. The number of hydrogen-bond donors (Lipinski definition) is 4. The normalized spacial score (nSPS) is 18.3. The van der Waals surface area contributed by atoms with Gasteiger partial charge in [-0.05, 0) is 46.9 Å². The molecule has 0 spiro atoms. The highest BCUT2D eigenvalue weighted by molar-refractivity contribution is 5.87. The molecule has 59 heavy (non-hydrogen) atoms. The molecule has 0 saturated carbocycles. The van der Waals surface area contributed by atoms with Gasteiger partial charge < -0.3 is 39.9 Å². The van der Waals surface area contributed by atoms with Gasteiger partial charge >= 0.3 is 18.4 Å². The van der Waals surface area contributed by atoms with Crippen LogP contribution in [0.3, 0.4) is 0 Å². The minimum Gasteiger partial charge on any atom is -0.453 e. The first-order chi connectivity index (χ1) is 28.1. The zero-order chi connectivity index (χ0) is 42.6. The molecular formula is C41H50F3N9O6. The smallest absolute Gasteiger partial charge is 0.407 e. The second-order valence-electron chi connectivity index (χ2n) is 15.5. The maximum atomic E-state index is 13.7. The first-order valence-electron chi connectivity index (χ1n) is 19.5. The Bertz CT molecular complexity index is 2100. The summed E-state index contributed by atoms with van der Waals surface area (Å²) in [5.41, 5.74) is 5.01. The summed E-state index contributed by atoms with van der Waals surface area (Å²) in [7, 11) is 2.43. The standard InChI is InChI=1S/C41H50F3N9O6/c1-23(2)33(49-39(56)58-5)37(54)52-17-7-8-31(52)35-45-18-29(47-35)27-13-9-25(10-14-27)26-11-15-28(16-12-26)30-19-46-36(48-30)32-20-51(21-41(42,43)44)22-53(32)38(55)34(24(3)4)50-40(57)59-6/h9-16,18-19,23-24,31-34H,7-8,17,20-22H2,1-6H3,(H,45,47)(H,46,48)(H,49,56)(H,50,57). The van der Waals surface area contributed by atoms with Crippen molar-refractivity contribution in [2.45, 2.75) is 70.9 Å². The molecular weight excluding hydrogens is 772 g/mol. The Balaban J connectivity index is 1.14. The Hall–Kier alpha value is -5.91. The average molecular weight is 822 g/mol. The number of nitrogens with one attached hydrogen (secondary N) is 4. The summed E-state index contributed by atoms with van der Waals surface area (Å²) < 4.78 is 49.7. The Labute approximate surface area is 340 Å². The molecule has 316 valence electrons. The summed E-state index contributed by atoms with van der Waals surface area (Å²) in [4.78, 5) is 71.2. The second kappa shape index (κ2) is 17.9. The number of H-pyrrole nitrogens is 2. The number of carbonyl (C=O) groups is 4. The van der Waals surface area contributed by atoms with Gasteiger partial charge in [0, 0.05) is 13.1 Å². The number of aromatic amines is 2. The molecule has 18 heteroatoms. The number of alkyl carbamates (subject to hydrolysis) is 2. The number of carbonyl (C=O) groups excluding carboxylic acids is 4. The van der Waals surface area contributed by atoms with Gasteiger partial charge in [-0.2, -0.15) is 13.2 Å². The predicted octanol–water partition coefficient (Wildman–Crippen LogP) is 6.26. The summed E-state index contributed by atoms with van der Waals surface area (Å²) in [5.74, 6) is -0.226. The number of likely N-dealkylation sites (tertiary alicyclic amines) is 1. The van der Waals surface area contributed by atoms with Crippen LogP contribution in [-0.4, -0.2) is 117 Å². The van der Waals surface area contributed by atoms with Gasteiger partial charge in [-0.25, -0.2) is 19.6 Å². The molecule has 2 aromatic heterocycles. The van der Waals surface area contributed by atoms with Crippen molar-refractivity contribution in [3.05, 3.63) is 72.6 Å². The molecule has 2 aromatic carbocycles. The number of methoxy groups -OCH3 is 2. The Morgan fingerprint density at radius 1 is 0.729 bits per heavy atom. The number of nitrogens with zero attached hydrogens (tertiary/aromatic N) is 5. The minimum atomic E-state index is -4.48. The maximum Gasteiger partial charge on any atom is 0.407 e. The SMILES string of the molecule is COC(=O)NC(C(=O)N1CCCC1c1ncc(-c2ccc(-c3ccc(-c4cnc(C5CN(CC(F)(F)F)CN5C(=O)C(NC(=O)OC)C(C)C)[nH]4)cc3)cc2)[nH]1)C(C)C. The molecule has 2 aliphatic heterocycles. The van der Waals surface area contributed by atoms with Gasteiger partial charge in [-0.15, -0.1) is 0 Å². The van der Waals surface area contributed by atoms with Crippen molar-refractivity contribution in [2.24, 2.45) is 11.8 Å². The van der Waals surface area contributed by atoms with Crippen molar-refractivity contribution in [1.82, 2.24) is 45.3 Å². The van der Waals surface area contributed by atoms with E-state index in [0.29, 0.717) is 23.9 Å². The van der Waals surface area contributed by atoms with Crippen LogP contribution in [0.2, 0.25) is 0 Å². The molecule has 4 heterocycles. The molecule has 4 amide bonds. The average Bonchev–Trinajstić information content (AvgIpc) is 4.04. The van der Waals surface area contributed by atoms with E-state index in [9.17, 15) is 32.3 Å². The highest BCUT2D eigenvalue weighted by Crippen LogP contribution is 2.35. The van der Waals surface area contributed by atoms with E-state index in [1.54, 1.807) is 31.1 Å². The number of rotatable bonds is 12. The lowest BCUT2D eigenvalue weighted by Gasteiger charge is -2.30. The van der Waals surface area contributed by atoms with Gasteiger partial charge in [-0.1, -0.05) is 76.2 Å². The zero-order valence-corrected chi connectivity index (χ0v) is 33.8. The van der Waals surface area contributed by atoms with E-state index < -0.39 is 48.9 Å². The predicted molar refractivity (Wildman–Crippen MR) is 211 cm³/mol. The molecule has 2 aliphatic rings. The van der Waals surface area contributed by atoms with Crippen LogP contribution in [0.15, 0.2) is 60.9 Å². The van der Waals surface area contributed by atoms with Crippen LogP contribution in [0.4, 0.5) is 22.8 Å². The Kier molecular flexibility index (Phi) is 13.0. The number of hydrogen-bond acceptors (Lipinski definition) is 9. The molecule has 4 atom stereocenters. The highest BCUT2D eigenvalue weighted by atomic mass is 19.4. The fourth-order valence-electron chi connectivity index (χ4n) is 7.60. The lowest BCUT2D eigenvalue weighted by Crippen LogP contribution is -2.51. The Morgan fingerprint density at radius 3 is 1.61 bits per heavy atom. The number of alkyl halides is 3.